The second kappa shape index (κ2) is 10.4. The highest BCUT2D eigenvalue weighted by Crippen LogP contribution is 2.40. The number of aromatic nitrogens is 1. The predicted octanol–water partition coefficient (Wildman–Crippen LogP) is 5.70. The number of amides is 1. The zero-order chi connectivity index (χ0) is 24.2. The van der Waals surface area contributed by atoms with Gasteiger partial charge in [0.25, 0.3) is 0 Å². The van der Waals surface area contributed by atoms with Crippen molar-refractivity contribution < 1.29 is 14.7 Å². The van der Waals surface area contributed by atoms with Gasteiger partial charge in [-0.2, -0.15) is 5.26 Å². The average Bonchev–Trinajstić information content (AvgIpc) is 2.81. The summed E-state index contributed by atoms with van der Waals surface area (Å²) in [6.45, 7) is 8.75. The van der Waals surface area contributed by atoms with Gasteiger partial charge in [-0.3, -0.25) is 4.79 Å². The van der Waals surface area contributed by atoms with Crippen LogP contribution in [0.3, 0.4) is 0 Å². The summed E-state index contributed by atoms with van der Waals surface area (Å²) in [6, 6.07) is 10.4. The number of hydrogen-bond donors (Lipinski definition) is 2. The quantitative estimate of drug-likeness (QED) is 0.485. The van der Waals surface area contributed by atoms with Gasteiger partial charge in [0.05, 0.1) is 16.4 Å². The van der Waals surface area contributed by atoms with Gasteiger partial charge < -0.3 is 10.4 Å². The normalized spacial score (nSPS) is 16.4. The number of carboxylic acids is 1. The van der Waals surface area contributed by atoms with Crippen LogP contribution >= 0.6 is 11.8 Å². The zero-order valence-electron chi connectivity index (χ0n) is 19.6. The molecule has 174 valence electrons. The second-order valence-corrected chi connectivity index (χ2v) is 10.4. The number of carboxylic acid groups (broad SMARTS) is 1. The molecule has 2 N–H and O–H groups in total. The molecule has 0 saturated carbocycles. The van der Waals surface area contributed by atoms with Gasteiger partial charge in [0.2, 0.25) is 5.91 Å². The standard InChI is InChI=1S/C26H31N3O3S/c1-5-22(23(30)28-20-9-7-8-16(14-20)25(31)32)33-24-18(15-27)12-17-13-19(26(3,4)6-2)10-11-21(17)29-24/h7-9,12,14,19,22H,5-6,10-11,13H2,1-4H3,(H,28,30)(H,31,32). The summed E-state index contributed by atoms with van der Waals surface area (Å²) in [4.78, 5) is 28.9. The number of aryl methyl sites for hydroxylation is 1. The Morgan fingerprint density at radius 3 is 2.73 bits per heavy atom. The van der Waals surface area contributed by atoms with E-state index in [0.717, 1.165) is 36.9 Å². The Morgan fingerprint density at radius 1 is 1.33 bits per heavy atom. The van der Waals surface area contributed by atoms with Crippen molar-refractivity contribution in [3.63, 3.8) is 0 Å². The first-order valence-electron chi connectivity index (χ1n) is 11.4. The smallest absolute Gasteiger partial charge is 0.335 e. The number of fused-ring (bicyclic) bond motifs is 1. The maximum absolute atomic E-state index is 12.9. The number of carbonyl (C=O) groups is 2. The molecule has 0 bridgehead atoms. The van der Waals surface area contributed by atoms with Gasteiger partial charge in [0.1, 0.15) is 11.1 Å². The molecular weight excluding hydrogens is 434 g/mol. The fourth-order valence-corrected chi connectivity index (χ4v) is 5.18. The molecule has 0 spiro atoms. The molecule has 33 heavy (non-hydrogen) atoms. The lowest BCUT2D eigenvalue weighted by Crippen LogP contribution is -2.29. The van der Waals surface area contributed by atoms with E-state index in [9.17, 15) is 14.9 Å². The highest BCUT2D eigenvalue weighted by Gasteiger charge is 2.32. The van der Waals surface area contributed by atoms with Crippen molar-refractivity contribution >= 4 is 29.3 Å². The molecule has 2 atom stereocenters. The van der Waals surface area contributed by atoms with E-state index in [1.807, 2.05) is 13.0 Å². The van der Waals surface area contributed by atoms with Gasteiger partial charge >= 0.3 is 5.97 Å². The van der Waals surface area contributed by atoms with E-state index in [2.05, 4.69) is 32.2 Å². The molecule has 1 aliphatic carbocycles. The lowest BCUT2D eigenvalue weighted by Gasteiger charge is -2.37. The van der Waals surface area contributed by atoms with Crippen molar-refractivity contribution in [2.75, 3.05) is 5.32 Å². The minimum Gasteiger partial charge on any atom is -0.478 e. The molecule has 0 saturated heterocycles. The Morgan fingerprint density at radius 2 is 2.09 bits per heavy atom. The summed E-state index contributed by atoms with van der Waals surface area (Å²) >= 11 is 1.30. The van der Waals surface area contributed by atoms with Gasteiger partial charge in [-0.15, -0.1) is 0 Å². The van der Waals surface area contributed by atoms with Crippen molar-refractivity contribution in [3.05, 3.63) is 52.7 Å². The number of rotatable bonds is 8. The molecule has 0 fully saturated rings. The molecule has 1 amide bonds. The molecule has 1 aromatic carbocycles. The van der Waals surface area contributed by atoms with Crippen molar-refractivity contribution in [3.8, 4) is 6.07 Å². The molecule has 7 heteroatoms. The molecule has 3 rings (SSSR count). The number of benzene rings is 1. The first-order chi connectivity index (χ1) is 15.7. The van der Waals surface area contributed by atoms with Crippen molar-refractivity contribution in [2.45, 2.75) is 70.1 Å². The van der Waals surface area contributed by atoms with Crippen LogP contribution in [0.4, 0.5) is 5.69 Å². The summed E-state index contributed by atoms with van der Waals surface area (Å²) in [5, 5.41) is 21.9. The Balaban J connectivity index is 1.79. The number of hydrogen-bond acceptors (Lipinski definition) is 5. The monoisotopic (exact) mass is 465 g/mol. The average molecular weight is 466 g/mol. The zero-order valence-corrected chi connectivity index (χ0v) is 20.5. The Bertz CT molecular complexity index is 1090. The van der Waals surface area contributed by atoms with Crippen LogP contribution in [-0.2, 0) is 17.6 Å². The minimum atomic E-state index is -1.05. The van der Waals surface area contributed by atoms with Crippen LogP contribution in [0.1, 0.15) is 74.1 Å². The molecule has 1 aromatic heterocycles. The largest absolute Gasteiger partial charge is 0.478 e. The van der Waals surface area contributed by atoms with Crippen LogP contribution < -0.4 is 5.32 Å². The van der Waals surface area contributed by atoms with E-state index in [-0.39, 0.29) is 16.9 Å². The summed E-state index contributed by atoms with van der Waals surface area (Å²) in [5.41, 5.74) is 3.48. The summed E-state index contributed by atoms with van der Waals surface area (Å²) in [7, 11) is 0. The number of nitrogens with zero attached hydrogens (tertiary/aromatic N) is 2. The van der Waals surface area contributed by atoms with Gasteiger partial charge in [0, 0.05) is 11.4 Å². The van der Waals surface area contributed by atoms with Gasteiger partial charge in [-0.25, -0.2) is 9.78 Å². The van der Waals surface area contributed by atoms with E-state index >= 15 is 0 Å². The molecule has 1 heterocycles. The molecule has 0 radical (unpaired) electrons. The van der Waals surface area contributed by atoms with Gasteiger partial charge in [-0.1, -0.05) is 51.9 Å². The lowest BCUT2D eigenvalue weighted by molar-refractivity contribution is -0.115. The van der Waals surface area contributed by atoms with Crippen LogP contribution in [0.2, 0.25) is 0 Å². The van der Waals surface area contributed by atoms with Crippen molar-refractivity contribution in [2.24, 2.45) is 11.3 Å². The maximum atomic E-state index is 12.9. The second-order valence-electron chi connectivity index (χ2n) is 9.23. The lowest BCUT2D eigenvalue weighted by atomic mass is 9.69. The van der Waals surface area contributed by atoms with Crippen LogP contribution in [0.5, 0.6) is 0 Å². The fraction of sp³-hybridized carbons (Fsp3) is 0.462. The number of nitriles is 1. The third-order valence-electron chi connectivity index (χ3n) is 6.78. The topological polar surface area (TPSA) is 103 Å². The van der Waals surface area contributed by atoms with Crippen LogP contribution in [-0.4, -0.2) is 27.2 Å². The van der Waals surface area contributed by atoms with Crippen molar-refractivity contribution in [1.29, 1.82) is 5.26 Å². The molecule has 6 nitrogen and oxygen atoms in total. The highest BCUT2D eigenvalue weighted by molar-refractivity contribution is 8.00. The van der Waals surface area contributed by atoms with Crippen LogP contribution in [0.25, 0.3) is 0 Å². The number of nitrogens with one attached hydrogen (secondary N) is 1. The number of aromatic carboxylic acids is 1. The third-order valence-corrected chi connectivity index (χ3v) is 8.15. The maximum Gasteiger partial charge on any atom is 0.335 e. The van der Waals surface area contributed by atoms with Gasteiger partial charge in [-0.05, 0) is 66.8 Å². The first kappa shape index (κ1) is 24.8. The molecule has 2 aromatic rings. The van der Waals surface area contributed by atoms with E-state index < -0.39 is 11.2 Å². The fourth-order valence-electron chi connectivity index (χ4n) is 4.18. The number of thioether (sulfide) groups is 1. The Labute approximate surface area is 199 Å². The van der Waals surface area contributed by atoms with E-state index in [1.165, 1.54) is 23.9 Å². The highest BCUT2D eigenvalue weighted by atomic mass is 32.2. The van der Waals surface area contributed by atoms with Crippen LogP contribution in [0, 0.1) is 22.7 Å². The number of carbonyl (C=O) groups excluding carboxylic acids is 1. The van der Waals surface area contributed by atoms with E-state index in [4.69, 9.17) is 10.1 Å². The summed E-state index contributed by atoms with van der Waals surface area (Å²) < 4.78 is 0. The van der Waals surface area contributed by atoms with Crippen LogP contribution in [0.15, 0.2) is 35.4 Å². The van der Waals surface area contributed by atoms with E-state index in [1.54, 1.807) is 12.1 Å². The first-order valence-corrected chi connectivity index (χ1v) is 12.3. The Kier molecular flexibility index (Phi) is 7.80. The predicted molar refractivity (Wildman–Crippen MR) is 131 cm³/mol. The van der Waals surface area contributed by atoms with Crippen molar-refractivity contribution in [1.82, 2.24) is 4.98 Å². The molecule has 0 aliphatic heterocycles. The SMILES string of the molecule is CCC(Sc1nc2c(cc1C#N)CC(C(C)(C)CC)CC2)C(=O)Nc1cccc(C(=O)O)c1. The summed E-state index contributed by atoms with van der Waals surface area (Å²) in [6.07, 6.45) is 4.55. The van der Waals surface area contributed by atoms with E-state index in [0.29, 0.717) is 28.6 Å². The summed E-state index contributed by atoms with van der Waals surface area (Å²) in [5.74, 6) is -0.718. The molecule has 2 unspecified atom stereocenters. The number of pyridine rings is 1. The number of anilines is 1. The third kappa shape index (κ3) is 5.75. The minimum absolute atomic E-state index is 0.112. The molecular formula is C26H31N3O3S. The Hall–Kier alpha value is -2.85. The van der Waals surface area contributed by atoms with Gasteiger partial charge in [0.15, 0.2) is 0 Å². The molecule has 1 aliphatic rings.